The Balaban J connectivity index is 1.65. The smallest absolute Gasteiger partial charge is 0.195 e. The number of aromatic nitrogens is 4. The monoisotopic (exact) mass is 286 g/mol. The van der Waals surface area contributed by atoms with E-state index in [1.165, 1.54) is 25.7 Å². The fourth-order valence-electron chi connectivity index (χ4n) is 4.01. The number of pyridine rings is 1. The Morgan fingerprint density at radius 1 is 1.30 bits per heavy atom. The highest BCUT2D eigenvalue weighted by Crippen LogP contribution is 2.49. The average Bonchev–Trinajstić information content (AvgIpc) is 3.17. The summed E-state index contributed by atoms with van der Waals surface area (Å²) >= 11 is 5.41. The summed E-state index contributed by atoms with van der Waals surface area (Å²) in [5.41, 5.74) is 0.892. The standard InChI is InChI=1S/C15H18N4S/c20-15-18-17-14(13-3-1-2-6-16-13)19(15)9-12-8-10-4-5-11(12)7-10/h1-3,6,10-12H,4-5,7-9H2,(H,18,20). The minimum Gasteiger partial charge on any atom is -0.299 e. The molecule has 4 rings (SSSR count). The van der Waals surface area contributed by atoms with Crippen molar-refractivity contribution in [3.8, 4) is 11.5 Å². The molecular formula is C15H18N4S. The normalized spacial score (nSPS) is 28.1. The third-order valence-corrected chi connectivity index (χ3v) is 5.27. The predicted octanol–water partition coefficient (Wildman–Crippen LogP) is 3.44. The van der Waals surface area contributed by atoms with Crippen LogP contribution < -0.4 is 0 Å². The van der Waals surface area contributed by atoms with Gasteiger partial charge in [-0.25, -0.2) is 0 Å². The average molecular weight is 286 g/mol. The molecular weight excluding hydrogens is 268 g/mol. The van der Waals surface area contributed by atoms with Crippen molar-refractivity contribution in [2.24, 2.45) is 17.8 Å². The van der Waals surface area contributed by atoms with Crippen LogP contribution in [0, 0.1) is 22.5 Å². The lowest BCUT2D eigenvalue weighted by Crippen LogP contribution is -2.18. The molecule has 0 amide bonds. The summed E-state index contributed by atoms with van der Waals surface area (Å²) in [6.45, 7) is 0.988. The lowest BCUT2D eigenvalue weighted by molar-refractivity contribution is 0.295. The van der Waals surface area contributed by atoms with Crippen molar-refractivity contribution in [1.29, 1.82) is 0 Å². The van der Waals surface area contributed by atoms with E-state index in [0.717, 1.165) is 35.8 Å². The van der Waals surface area contributed by atoms with E-state index >= 15 is 0 Å². The summed E-state index contributed by atoms with van der Waals surface area (Å²) in [6.07, 6.45) is 7.42. The number of fused-ring (bicyclic) bond motifs is 2. The fraction of sp³-hybridized carbons (Fsp3) is 0.533. The highest BCUT2D eigenvalue weighted by atomic mass is 32.1. The number of hydrogen-bond acceptors (Lipinski definition) is 3. The molecule has 2 aromatic rings. The number of aromatic amines is 1. The molecule has 2 aliphatic carbocycles. The zero-order chi connectivity index (χ0) is 13.5. The van der Waals surface area contributed by atoms with E-state index in [0.29, 0.717) is 4.77 Å². The molecule has 2 heterocycles. The van der Waals surface area contributed by atoms with Gasteiger partial charge in [-0.2, -0.15) is 5.10 Å². The van der Waals surface area contributed by atoms with Crippen molar-refractivity contribution >= 4 is 12.2 Å². The maximum Gasteiger partial charge on any atom is 0.195 e. The molecule has 3 unspecified atom stereocenters. The molecule has 3 atom stereocenters. The molecule has 2 aromatic heterocycles. The van der Waals surface area contributed by atoms with Gasteiger partial charge in [0.05, 0.1) is 0 Å². The Bertz CT molecular complexity index is 660. The Kier molecular flexibility index (Phi) is 2.95. The molecule has 5 heteroatoms. The van der Waals surface area contributed by atoms with Crippen LogP contribution >= 0.6 is 12.2 Å². The molecule has 4 nitrogen and oxygen atoms in total. The summed E-state index contributed by atoms with van der Waals surface area (Å²) < 4.78 is 2.86. The lowest BCUT2D eigenvalue weighted by atomic mass is 9.89. The molecule has 0 aliphatic heterocycles. The summed E-state index contributed by atoms with van der Waals surface area (Å²) in [5, 5.41) is 7.30. The molecule has 0 saturated heterocycles. The number of hydrogen-bond donors (Lipinski definition) is 1. The van der Waals surface area contributed by atoms with E-state index in [9.17, 15) is 0 Å². The van der Waals surface area contributed by atoms with E-state index in [4.69, 9.17) is 12.2 Å². The van der Waals surface area contributed by atoms with Gasteiger partial charge in [0.1, 0.15) is 5.69 Å². The molecule has 2 saturated carbocycles. The van der Waals surface area contributed by atoms with Gasteiger partial charge in [-0.05, 0) is 61.4 Å². The van der Waals surface area contributed by atoms with Crippen molar-refractivity contribution in [1.82, 2.24) is 19.7 Å². The van der Waals surface area contributed by atoms with Gasteiger partial charge in [-0.1, -0.05) is 12.5 Å². The van der Waals surface area contributed by atoms with Crippen molar-refractivity contribution < 1.29 is 0 Å². The first-order chi connectivity index (χ1) is 9.81. The summed E-state index contributed by atoms with van der Waals surface area (Å²) in [4.78, 5) is 4.40. The van der Waals surface area contributed by atoms with E-state index < -0.39 is 0 Å². The number of nitrogens with one attached hydrogen (secondary N) is 1. The Morgan fingerprint density at radius 3 is 2.95 bits per heavy atom. The maximum atomic E-state index is 5.41. The minimum atomic E-state index is 0.716. The van der Waals surface area contributed by atoms with Crippen molar-refractivity contribution in [2.75, 3.05) is 0 Å². The summed E-state index contributed by atoms with van der Waals surface area (Å²) in [5.74, 6) is 3.50. The van der Waals surface area contributed by atoms with E-state index in [1.807, 2.05) is 18.2 Å². The van der Waals surface area contributed by atoms with E-state index in [2.05, 4.69) is 19.7 Å². The lowest BCUT2D eigenvalue weighted by Gasteiger charge is -2.22. The predicted molar refractivity (Wildman–Crippen MR) is 79.6 cm³/mol. The topological polar surface area (TPSA) is 46.5 Å². The molecule has 0 aromatic carbocycles. The first-order valence-corrected chi connectivity index (χ1v) is 7.78. The number of H-pyrrole nitrogens is 1. The third kappa shape index (κ3) is 2.00. The van der Waals surface area contributed by atoms with Crippen LogP contribution in [0.25, 0.3) is 11.5 Å². The first-order valence-electron chi connectivity index (χ1n) is 7.38. The van der Waals surface area contributed by atoms with Gasteiger partial charge in [-0.3, -0.25) is 14.6 Å². The van der Waals surface area contributed by atoms with Gasteiger partial charge in [0.15, 0.2) is 10.6 Å². The Morgan fingerprint density at radius 2 is 2.25 bits per heavy atom. The Labute approximate surface area is 123 Å². The number of rotatable bonds is 3. The Hall–Kier alpha value is -1.49. The van der Waals surface area contributed by atoms with Crippen molar-refractivity contribution in [3.05, 3.63) is 29.2 Å². The highest BCUT2D eigenvalue weighted by molar-refractivity contribution is 7.71. The second-order valence-electron chi connectivity index (χ2n) is 6.11. The summed E-state index contributed by atoms with van der Waals surface area (Å²) in [7, 11) is 0. The SMILES string of the molecule is S=c1[nH]nc(-c2ccccn2)n1CC1CC2CCC1C2. The van der Waals surface area contributed by atoms with Gasteiger partial charge >= 0.3 is 0 Å². The van der Waals surface area contributed by atoms with Crippen molar-refractivity contribution in [3.63, 3.8) is 0 Å². The van der Waals surface area contributed by atoms with Crippen LogP contribution in [0.1, 0.15) is 25.7 Å². The van der Waals surface area contributed by atoms with Crippen LogP contribution in [0.4, 0.5) is 0 Å². The zero-order valence-corrected chi connectivity index (χ0v) is 12.1. The highest BCUT2D eigenvalue weighted by Gasteiger charge is 2.39. The van der Waals surface area contributed by atoms with Crippen molar-refractivity contribution in [2.45, 2.75) is 32.2 Å². The van der Waals surface area contributed by atoms with Gasteiger partial charge in [0.25, 0.3) is 0 Å². The van der Waals surface area contributed by atoms with Crippen LogP contribution in [0.3, 0.4) is 0 Å². The second-order valence-corrected chi connectivity index (χ2v) is 6.50. The molecule has 2 fully saturated rings. The van der Waals surface area contributed by atoms with Crippen LogP contribution in [-0.2, 0) is 6.54 Å². The van der Waals surface area contributed by atoms with Crippen LogP contribution in [0.15, 0.2) is 24.4 Å². The molecule has 0 spiro atoms. The molecule has 0 radical (unpaired) electrons. The number of nitrogens with zero attached hydrogens (tertiary/aromatic N) is 3. The first kappa shape index (κ1) is 12.3. The molecule has 2 bridgehead atoms. The van der Waals surface area contributed by atoms with Crippen LogP contribution in [0.2, 0.25) is 0 Å². The largest absolute Gasteiger partial charge is 0.299 e. The molecule has 20 heavy (non-hydrogen) atoms. The second kappa shape index (κ2) is 4.81. The van der Waals surface area contributed by atoms with Gasteiger partial charge < -0.3 is 0 Å². The fourth-order valence-corrected chi connectivity index (χ4v) is 4.22. The molecule has 104 valence electrons. The zero-order valence-electron chi connectivity index (χ0n) is 11.3. The molecule has 2 aliphatic rings. The quantitative estimate of drug-likeness (QED) is 0.879. The maximum absolute atomic E-state index is 5.41. The van der Waals surface area contributed by atoms with Gasteiger partial charge in [0.2, 0.25) is 0 Å². The third-order valence-electron chi connectivity index (χ3n) is 4.95. The van der Waals surface area contributed by atoms with E-state index in [-0.39, 0.29) is 0 Å². The van der Waals surface area contributed by atoms with Crippen LogP contribution in [-0.4, -0.2) is 19.7 Å². The van der Waals surface area contributed by atoms with Gasteiger partial charge in [0, 0.05) is 12.7 Å². The van der Waals surface area contributed by atoms with Gasteiger partial charge in [-0.15, -0.1) is 0 Å². The van der Waals surface area contributed by atoms with Crippen LogP contribution in [0.5, 0.6) is 0 Å². The molecule has 1 N–H and O–H groups in total. The minimum absolute atomic E-state index is 0.716. The summed E-state index contributed by atoms with van der Waals surface area (Å²) in [6, 6.07) is 5.90. The van der Waals surface area contributed by atoms with E-state index in [1.54, 1.807) is 6.20 Å².